The lowest BCUT2D eigenvalue weighted by Crippen LogP contribution is -2.24. The Hall–Kier alpha value is -3.15. The highest BCUT2D eigenvalue weighted by Gasteiger charge is 2.35. The number of nitrogens with zero attached hydrogens (tertiary/aromatic N) is 3. The van der Waals surface area contributed by atoms with Crippen LogP contribution in [0.15, 0.2) is 53.1 Å². The fourth-order valence-corrected chi connectivity index (χ4v) is 3.64. The predicted octanol–water partition coefficient (Wildman–Crippen LogP) is 5.42. The third-order valence-electron chi connectivity index (χ3n) is 5.48. The van der Waals surface area contributed by atoms with E-state index in [1.54, 1.807) is 4.90 Å². The minimum atomic E-state index is -0.104. The molecule has 0 aliphatic carbocycles. The van der Waals surface area contributed by atoms with Crippen LogP contribution in [0.2, 0.25) is 0 Å². The van der Waals surface area contributed by atoms with Gasteiger partial charge in [-0.3, -0.25) is 4.79 Å². The molecular formula is C25H29N3O3. The molecule has 0 saturated carbocycles. The Balaban J connectivity index is 1.44. The second-order valence-corrected chi connectivity index (χ2v) is 8.84. The van der Waals surface area contributed by atoms with Gasteiger partial charge in [0.15, 0.2) is 0 Å². The van der Waals surface area contributed by atoms with Crippen LogP contribution < -0.4 is 9.64 Å². The molecule has 1 aliphatic heterocycles. The third-order valence-corrected chi connectivity index (χ3v) is 5.48. The maximum atomic E-state index is 12.6. The standard InChI is InChI=1S/C25H29N3O3/c1-16(2)15-30-22-11-7-19(8-12-22)24-26-25(31-27-24)20-13-23(29)28(14-20)21-9-5-18(6-10-21)17(3)4/h5-12,16-17,20H,13-15H2,1-4H3. The van der Waals surface area contributed by atoms with Crippen molar-refractivity contribution in [2.24, 2.45) is 5.92 Å². The molecule has 162 valence electrons. The molecule has 0 spiro atoms. The van der Waals surface area contributed by atoms with E-state index in [0.717, 1.165) is 17.0 Å². The summed E-state index contributed by atoms with van der Waals surface area (Å²) in [5, 5.41) is 4.13. The Morgan fingerprint density at radius 1 is 1.06 bits per heavy atom. The maximum Gasteiger partial charge on any atom is 0.232 e. The molecule has 0 bridgehead atoms. The van der Waals surface area contributed by atoms with Gasteiger partial charge in [0, 0.05) is 24.2 Å². The van der Waals surface area contributed by atoms with Crippen LogP contribution in [0.3, 0.4) is 0 Å². The van der Waals surface area contributed by atoms with Crippen molar-refractivity contribution in [2.75, 3.05) is 18.1 Å². The normalized spacial score (nSPS) is 16.5. The molecule has 1 saturated heterocycles. The monoisotopic (exact) mass is 419 g/mol. The van der Waals surface area contributed by atoms with E-state index in [4.69, 9.17) is 9.26 Å². The van der Waals surface area contributed by atoms with E-state index in [1.807, 2.05) is 36.4 Å². The second kappa shape index (κ2) is 8.92. The molecule has 1 aliphatic rings. The van der Waals surface area contributed by atoms with Gasteiger partial charge in [0.25, 0.3) is 0 Å². The number of rotatable bonds is 7. The molecule has 6 nitrogen and oxygen atoms in total. The number of carbonyl (C=O) groups is 1. The first kappa shape index (κ1) is 21.1. The van der Waals surface area contributed by atoms with Gasteiger partial charge in [-0.25, -0.2) is 0 Å². The first-order valence-corrected chi connectivity index (χ1v) is 10.9. The maximum absolute atomic E-state index is 12.6. The van der Waals surface area contributed by atoms with Gasteiger partial charge in [-0.1, -0.05) is 45.0 Å². The number of aromatic nitrogens is 2. The van der Waals surface area contributed by atoms with Gasteiger partial charge < -0.3 is 14.2 Å². The van der Waals surface area contributed by atoms with Crippen molar-refractivity contribution in [3.63, 3.8) is 0 Å². The number of anilines is 1. The fraction of sp³-hybridized carbons (Fsp3) is 0.400. The predicted molar refractivity (Wildman–Crippen MR) is 120 cm³/mol. The van der Waals surface area contributed by atoms with Gasteiger partial charge in [0.2, 0.25) is 17.6 Å². The Morgan fingerprint density at radius 2 is 1.77 bits per heavy atom. The lowest BCUT2D eigenvalue weighted by Gasteiger charge is -2.17. The number of benzene rings is 2. The van der Waals surface area contributed by atoms with Crippen LogP contribution in [-0.4, -0.2) is 29.2 Å². The lowest BCUT2D eigenvalue weighted by atomic mass is 10.0. The smallest absolute Gasteiger partial charge is 0.232 e. The third kappa shape index (κ3) is 4.79. The van der Waals surface area contributed by atoms with Crippen molar-refractivity contribution in [2.45, 2.75) is 46.0 Å². The van der Waals surface area contributed by atoms with Crippen molar-refractivity contribution >= 4 is 11.6 Å². The zero-order valence-corrected chi connectivity index (χ0v) is 18.5. The minimum Gasteiger partial charge on any atom is -0.493 e. The molecule has 31 heavy (non-hydrogen) atoms. The zero-order valence-electron chi connectivity index (χ0n) is 18.5. The molecule has 0 radical (unpaired) electrons. The fourth-order valence-electron chi connectivity index (χ4n) is 3.64. The number of hydrogen-bond donors (Lipinski definition) is 0. The van der Waals surface area contributed by atoms with E-state index in [0.29, 0.717) is 43.1 Å². The summed E-state index contributed by atoms with van der Waals surface area (Å²) in [6.45, 7) is 9.77. The van der Waals surface area contributed by atoms with E-state index in [9.17, 15) is 4.79 Å². The summed E-state index contributed by atoms with van der Waals surface area (Å²) in [4.78, 5) is 19.0. The van der Waals surface area contributed by atoms with Gasteiger partial charge >= 0.3 is 0 Å². The van der Waals surface area contributed by atoms with E-state index >= 15 is 0 Å². The average Bonchev–Trinajstić information content (AvgIpc) is 3.40. The summed E-state index contributed by atoms with van der Waals surface area (Å²) in [6.07, 6.45) is 0.371. The summed E-state index contributed by atoms with van der Waals surface area (Å²) in [5.41, 5.74) is 3.03. The molecule has 2 heterocycles. The van der Waals surface area contributed by atoms with Crippen LogP contribution in [0.1, 0.15) is 57.4 Å². The number of ether oxygens (including phenoxy) is 1. The molecule has 6 heteroatoms. The average molecular weight is 420 g/mol. The lowest BCUT2D eigenvalue weighted by molar-refractivity contribution is -0.117. The number of carbonyl (C=O) groups excluding carboxylic acids is 1. The summed E-state index contributed by atoms with van der Waals surface area (Å²) in [6, 6.07) is 15.9. The van der Waals surface area contributed by atoms with Crippen LogP contribution >= 0.6 is 0 Å². The van der Waals surface area contributed by atoms with Crippen LogP contribution in [0.25, 0.3) is 11.4 Å². The minimum absolute atomic E-state index is 0.0775. The molecule has 1 atom stereocenters. The SMILES string of the molecule is CC(C)COc1ccc(-c2noc(C3CC(=O)N(c4ccc(C(C)C)cc4)C3)n2)cc1. The zero-order chi connectivity index (χ0) is 22.0. The molecule has 1 amide bonds. The van der Waals surface area contributed by atoms with Gasteiger partial charge in [-0.2, -0.15) is 4.98 Å². The molecule has 3 aromatic rings. The van der Waals surface area contributed by atoms with Crippen LogP contribution in [-0.2, 0) is 4.79 Å². The largest absolute Gasteiger partial charge is 0.493 e. The van der Waals surface area contributed by atoms with Gasteiger partial charge in [-0.05, 0) is 53.8 Å². The number of amides is 1. The molecule has 1 aromatic heterocycles. The topological polar surface area (TPSA) is 68.5 Å². The summed E-state index contributed by atoms with van der Waals surface area (Å²) < 4.78 is 11.2. The molecular weight excluding hydrogens is 390 g/mol. The van der Waals surface area contributed by atoms with Crippen LogP contribution in [0, 0.1) is 5.92 Å². The Kier molecular flexibility index (Phi) is 6.07. The summed E-state index contributed by atoms with van der Waals surface area (Å²) >= 11 is 0. The summed E-state index contributed by atoms with van der Waals surface area (Å²) in [7, 11) is 0. The Morgan fingerprint density at radius 3 is 2.42 bits per heavy atom. The summed E-state index contributed by atoms with van der Waals surface area (Å²) in [5.74, 6) is 2.76. The molecule has 4 rings (SSSR count). The Labute approximate surface area is 183 Å². The van der Waals surface area contributed by atoms with E-state index < -0.39 is 0 Å². The molecule has 2 aromatic carbocycles. The van der Waals surface area contributed by atoms with Crippen molar-refractivity contribution in [3.05, 3.63) is 60.0 Å². The number of hydrogen-bond acceptors (Lipinski definition) is 5. The quantitative estimate of drug-likeness (QED) is 0.512. The van der Waals surface area contributed by atoms with E-state index in [2.05, 4.69) is 50.0 Å². The van der Waals surface area contributed by atoms with E-state index in [-0.39, 0.29) is 11.8 Å². The van der Waals surface area contributed by atoms with Crippen LogP contribution in [0.5, 0.6) is 5.75 Å². The van der Waals surface area contributed by atoms with E-state index in [1.165, 1.54) is 5.56 Å². The Bertz CT molecular complexity index is 1020. The molecule has 1 unspecified atom stereocenters. The van der Waals surface area contributed by atoms with Crippen LogP contribution in [0.4, 0.5) is 5.69 Å². The first-order valence-electron chi connectivity index (χ1n) is 10.9. The second-order valence-electron chi connectivity index (χ2n) is 8.84. The van der Waals surface area contributed by atoms with Gasteiger partial charge in [0.05, 0.1) is 12.5 Å². The van der Waals surface area contributed by atoms with Crippen molar-refractivity contribution < 1.29 is 14.1 Å². The van der Waals surface area contributed by atoms with Crippen molar-refractivity contribution in [3.8, 4) is 17.1 Å². The molecule has 0 N–H and O–H groups in total. The van der Waals surface area contributed by atoms with Crippen molar-refractivity contribution in [1.82, 2.24) is 10.1 Å². The van der Waals surface area contributed by atoms with Gasteiger partial charge in [-0.15, -0.1) is 0 Å². The highest BCUT2D eigenvalue weighted by atomic mass is 16.5. The first-order chi connectivity index (χ1) is 14.9. The highest BCUT2D eigenvalue weighted by molar-refractivity contribution is 5.96. The highest BCUT2D eigenvalue weighted by Crippen LogP contribution is 2.32. The van der Waals surface area contributed by atoms with Gasteiger partial charge in [0.1, 0.15) is 5.75 Å². The molecule has 1 fully saturated rings. The van der Waals surface area contributed by atoms with Crippen molar-refractivity contribution in [1.29, 1.82) is 0 Å².